The number of anilines is 1. The van der Waals surface area contributed by atoms with Crippen molar-refractivity contribution < 1.29 is 19.1 Å². The van der Waals surface area contributed by atoms with E-state index in [-0.39, 0.29) is 24.8 Å². The summed E-state index contributed by atoms with van der Waals surface area (Å²) >= 11 is 0. The highest BCUT2D eigenvalue weighted by Crippen LogP contribution is 2.42. The Morgan fingerprint density at radius 1 is 1.48 bits per heavy atom. The van der Waals surface area contributed by atoms with Gasteiger partial charge in [-0.05, 0) is 12.8 Å². The van der Waals surface area contributed by atoms with Crippen LogP contribution in [-0.4, -0.2) is 59.9 Å². The maximum Gasteiger partial charge on any atom is 0.336 e. The number of hydrogen-bond donors (Lipinski definition) is 2. The van der Waals surface area contributed by atoms with Crippen LogP contribution in [0.5, 0.6) is 0 Å². The molecule has 1 saturated carbocycles. The zero-order chi connectivity index (χ0) is 15.0. The molecule has 1 amide bonds. The number of H-pyrrole nitrogens is 1. The number of carbonyl (C=O) groups is 2. The smallest absolute Gasteiger partial charge is 0.336 e. The van der Waals surface area contributed by atoms with Crippen molar-refractivity contribution in [2.75, 3.05) is 32.5 Å². The van der Waals surface area contributed by atoms with Gasteiger partial charge >= 0.3 is 5.97 Å². The van der Waals surface area contributed by atoms with Crippen molar-refractivity contribution in [3.05, 3.63) is 11.4 Å². The van der Waals surface area contributed by atoms with Gasteiger partial charge in [0.05, 0.1) is 31.6 Å². The maximum absolute atomic E-state index is 12.5. The summed E-state index contributed by atoms with van der Waals surface area (Å²) < 4.78 is 9.95. The van der Waals surface area contributed by atoms with Crippen molar-refractivity contribution in [1.82, 2.24) is 15.1 Å². The van der Waals surface area contributed by atoms with Gasteiger partial charge in [0.25, 0.3) is 5.91 Å². The molecule has 8 nitrogen and oxygen atoms in total. The lowest BCUT2D eigenvalue weighted by atomic mass is 10.2. The predicted molar refractivity (Wildman–Crippen MR) is 72.6 cm³/mol. The second kappa shape index (κ2) is 5.36. The average Bonchev–Trinajstić information content (AvgIpc) is 3.28. The number of methoxy groups -OCH3 is 1. The molecule has 1 saturated heterocycles. The highest BCUT2D eigenvalue weighted by molar-refractivity contribution is 5.98. The number of aromatic nitrogens is 2. The van der Waals surface area contributed by atoms with Crippen molar-refractivity contribution in [2.45, 2.75) is 24.9 Å². The molecule has 0 radical (unpaired) electrons. The number of ether oxygens (including phenoxy) is 2. The lowest BCUT2D eigenvalue weighted by Crippen LogP contribution is -2.49. The summed E-state index contributed by atoms with van der Waals surface area (Å²) in [5.74, 6) is -0.374. The van der Waals surface area contributed by atoms with E-state index >= 15 is 0 Å². The summed E-state index contributed by atoms with van der Waals surface area (Å²) in [6.07, 6.45) is 1.39. The Balaban J connectivity index is 1.73. The third-order valence-electron chi connectivity index (χ3n) is 3.84. The van der Waals surface area contributed by atoms with E-state index in [9.17, 15) is 9.59 Å². The van der Waals surface area contributed by atoms with E-state index in [1.807, 2.05) is 0 Å². The van der Waals surface area contributed by atoms with Crippen LogP contribution in [0.3, 0.4) is 0 Å². The van der Waals surface area contributed by atoms with Gasteiger partial charge in [0.15, 0.2) is 11.8 Å². The van der Waals surface area contributed by atoms with Crippen LogP contribution in [0.1, 0.15) is 34.9 Å². The number of esters is 1. The lowest BCUT2D eigenvalue weighted by Gasteiger charge is -2.31. The molecule has 2 fully saturated rings. The Hall–Kier alpha value is -2.09. The standard InChI is InChI=1S/C13H18N4O4/c1-20-13(19)8-6-17(4-5-21-8)12(18)11-9(14)10(15-16-11)7-2-3-7/h7-8H,2-6,14H2,1H3,(H,15,16). The molecule has 114 valence electrons. The Labute approximate surface area is 121 Å². The Morgan fingerprint density at radius 3 is 2.90 bits per heavy atom. The molecule has 1 aromatic rings. The fraction of sp³-hybridized carbons (Fsp3) is 0.615. The molecule has 1 aromatic heterocycles. The van der Waals surface area contributed by atoms with E-state index in [0.717, 1.165) is 18.5 Å². The molecule has 0 aromatic carbocycles. The maximum atomic E-state index is 12.5. The van der Waals surface area contributed by atoms with Crippen LogP contribution < -0.4 is 5.73 Å². The number of nitrogens with one attached hydrogen (secondary N) is 1. The topological polar surface area (TPSA) is 111 Å². The minimum atomic E-state index is -0.754. The number of aromatic amines is 1. The molecule has 1 aliphatic carbocycles. The van der Waals surface area contributed by atoms with E-state index in [0.29, 0.717) is 18.2 Å². The number of morpholine rings is 1. The zero-order valence-electron chi connectivity index (χ0n) is 11.8. The monoisotopic (exact) mass is 294 g/mol. The van der Waals surface area contributed by atoms with Crippen LogP contribution in [0, 0.1) is 0 Å². The number of nitrogens with two attached hydrogens (primary N) is 1. The van der Waals surface area contributed by atoms with Crippen molar-refractivity contribution in [3.63, 3.8) is 0 Å². The minimum Gasteiger partial charge on any atom is -0.467 e. The first-order valence-electron chi connectivity index (χ1n) is 6.94. The highest BCUT2D eigenvalue weighted by atomic mass is 16.6. The van der Waals surface area contributed by atoms with Gasteiger partial charge in [-0.25, -0.2) is 4.79 Å². The van der Waals surface area contributed by atoms with Crippen LogP contribution >= 0.6 is 0 Å². The van der Waals surface area contributed by atoms with Gasteiger partial charge in [-0.15, -0.1) is 0 Å². The molecule has 0 spiro atoms. The van der Waals surface area contributed by atoms with E-state index in [1.165, 1.54) is 12.0 Å². The normalized spacial score (nSPS) is 22.1. The quantitative estimate of drug-likeness (QED) is 0.752. The van der Waals surface area contributed by atoms with Crippen LogP contribution in [0.2, 0.25) is 0 Å². The largest absolute Gasteiger partial charge is 0.467 e. The fourth-order valence-electron chi connectivity index (χ4n) is 2.47. The van der Waals surface area contributed by atoms with E-state index in [1.54, 1.807) is 0 Å². The molecular weight excluding hydrogens is 276 g/mol. The van der Waals surface area contributed by atoms with Gasteiger partial charge in [0.2, 0.25) is 0 Å². The van der Waals surface area contributed by atoms with E-state index in [4.69, 9.17) is 10.5 Å². The van der Waals surface area contributed by atoms with Gasteiger partial charge in [-0.1, -0.05) is 0 Å². The number of hydrogen-bond acceptors (Lipinski definition) is 6. The van der Waals surface area contributed by atoms with Crippen molar-refractivity contribution in [2.24, 2.45) is 0 Å². The third-order valence-corrected chi connectivity index (χ3v) is 3.84. The molecule has 21 heavy (non-hydrogen) atoms. The molecule has 3 N–H and O–H groups in total. The van der Waals surface area contributed by atoms with Crippen molar-refractivity contribution in [1.29, 1.82) is 0 Å². The second-order valence-electron chi connectivity index (χ2n) is 5.31. The van der Waals surface area contributed by atoms with Crippen molar-refractivity contribution >= 4 is 17.6 Å². The zero-order valence-corrected chi connectivity index (χ0v) is 11.8. The van der Waals surface area contributed by atoms with Gasteiger partial charge < -0.3 is 20.1 Å². The summed E-state index contributed by atoms with van der Waals surface area (Å²) in [5, 5.41) is 6.90. The Morgan fingerprint density at radius 2 is 2.24 bits per heavy atom. The Kier molecular flexibility index (Phi) is 3.54. The Bertz CT molecular complexity index is 567. The predicted octanol–water partition coefficient (Wildman–Crippen LogP) is -0.117. The number of rotatable bonds is 3. The van der Waals surface area contributed by atoms with E-state index in [2.05, 4.69) is 14.9 Å². The van der Waals surface area contributed by atoms with Crippen molar-refractivity contribution in [3.8, 4) is 0 Å². The minimum absolute atomic E-state index is 0.149. The van der Waals surface area contributed by atoms with Gasteiger partial charge in [0, 0.05) is 12.5 Å². The van der Waals surface area contributed by atoms with Crippen LogP contribution in [0.25, 0.3) is 0 Å². The molecule has 1 aliphatic heterocycles. The number of amides is 1. The summed E-state index contributed by atoms with van der Waals surface area (Å²) in [5.41, 5.74) is 7.50. The molecule has 8 heteroatoms. The lowest BCUT2D eigenvalue weighted by molar-refractivity contribution is -0.158. The molecule has 2 heterocycles. The van der Waals surface area contributed by atoms with Crippen LogP contribution in [-0.2, 0) is 14.3 Å². The number of nitrogen functional groups attached to an aromatic ring is 1. The summed E-state index contributed by atoms with van der Waals surface area (Å²) in [6, 6.07) is 0. The first-order chi connectivity index (χ1) is 10.1. The molecule has 3 rings (SSSR count). The molecule has 1 unspecified atom stereocenters. The van der Waals surface area contributed by atoms with Gasteiger partial charge in [-0.2, -0.15) is 5.10 Å². The summed E-state index contributed by atoms with van der Waals surface area (Å²) in [6.45, 7) is 0.833. The third kappa shape index (κ3) is 2.58. The molecule has 0 bridgehead atoms. The molecule has 2 aliphatic rings. The summed E-state index contributed by atoms with van der Waals surface area (Å²) in [4.78, 5) is 25.5. The fourth-order valence-corrected chi connectivity index (χ4v) is 2.47. The second-order valence-corrected chi connectivity index (χ2v) is 5.31. The van der Waals surface area contributed by atoms with Gasteiger partial charge in [0.1, 0.15) is 0 Å². The first kappa shape index (κ1) is 13.9. The first-order valence-corrected chi connectivity index (χ1v) is 6.94. The molecular formula is C13H18N4O4. The SMILES string of the molecule is COC(=O)C1CN(C(=O)c2n[nH]c(C3CC3)c2N)CCO1. The van der Waals surface area contributed by atoms with Gasteiger partial charge in [-0.3, -0.25) is 9.89 Å². The average molecular weight is 294 g/mol. The van der Waals surface area contributed by atoms with Crippen LogP contribution in [0.4, 0.5) is 5.69 Å². The highest BCUT2D eigenvalue weighted by Gasteiger charge is 2.34. The number of nitrogens with zero attached hydrogens (tertiary/aromatic N) is 2. The van der Waals surface area contributed by atoms with Crippen LogP contribution in [0.15, 0.2) is 0 Å². The van der Waals surface area contributed by atoms with E-state index < -0.39 is 12.1 Å². The number of carbonyl (C=O) groups excluding carboxylic acids is 2. The summed E-state index contributed by atoms with van der Waals surface area (Å²) in [7, 11) is 1.29. The molecule has 1 atom stereocenters.